The Kier molecular flexibility index (Phi) is 4.63. The van der Waals surface area contributed by atoms with Gasteiger partial charge >= 0.3 is 0 Å². The molecule has 0 heterocycles. The Morgan fingerprint density at radius 3 is 2.81 bits per heavy atom. The lowest BCUT2D eigenvalue weighted by molar-refractivity contribution is 0.0953. The molecule has 0 saturated heterocycles. The van der Waals surface area contributed by atoms with Gasteiger partial charge in [-0.15, -0.1) is 0 Å². The number of rotatable bonds is 5. The minimum absolute atomic E-state index is 0.132. The summed E-state index contributed by atoms with van der Waals surface area (Å²) in [5.41, 5.74) is 3.34. The highest BCUT2D eigenvalue weighted by molar-refractivity contribution is 5.93. The van der Waals surface area contributed by atoms with Gasteiger partial charge in [0, 0.05) is 17.2 Å². The minimum atomic E-state index is -0.550. The summed E-state index contributed by atoms with van der Waals surface area (Å²) in [7, 11) is 0. The normalized spacial score (nSPS) is 10.0. The van der Waals surface area contributed by atoms with Crippen LogP contribution in [0.3, 0.4) is 0 Å². The van der Waals surface area contributed by atoms with E-state index in [1.54, 1.807) is 24.3 Å². The molecule has 0 fully saturated rings. The van der Waals surface area contributed by atoms with Crippen molar-refractivity contribution >= 4 is 12.2 Å². The molecule has 2 rings (SSSR count). The fourth-order valence-electron chi connectivity index (χ4n) is 1.79. The molecule has 0 aliphatic heterocycles. The highest BCUT2D eigenvalue weighted by Crippen LogP contribution is 2.17. The van der Waals surface area contributed by atoms with Crippen molar-refractivity contribution in [3.8, 4) is 5.75 Å². The molecule has 108 valence electrons. The van der Waals surface area contributed by atoms with Crippen LogP contribution in [0.2, 0.25) is 0 Å². The van der Waals surface area contributed by atoms with Crippen molar-refractivity contribution in [3.05, 3.63) is 65.0 Å². The number of ether oxygens (including phenoxy) is 1. The Bertz CT molecular complexity index is 674. The van der Waals surface area contributed by atoms with E-state index in [1.165, 1.54) is 12.1 Å². The molecule has 0 bridgehead atoms. The number of amides is 1. The Morgan fingerprint density at radius 1 is 1.29 bits per heavy atom. The molecule has 21 heavy (non-hydrogen) atoms. The van der Waals surface area contributed by atoms with Crippen molar-refractivity contribution in [2.24, 2.45) is 5.84 Å². The summed E-state index contributed by atoms with van der Waals surface area (Å²) >= 11 is 0. The number of hydrogen-bond donors (Lipinski definition) is 2. The van der Waals surface area contributed by atoms with Crippen LogP contribution in [0.15, 0.2) is 42.5 Å². The molecule has 0 aliphatic carbocycles. The van der Waals surface area contributed by atoms with Crippen LogP contribution in [-0.2, 0) is 6.61 Å². The molecule has 2 aromatic rings. The highest BCUT2D eigenvalue weighted by Gasteiger charge is 2.05. The number of benzene rings is 2. The number of nitrogens with two attached hydrogens (primary N) is 1. The summed E-state index contributed by atoms with van der Waals surface area (Å²) in [6.45, 7) is 0.132. The van der Waals surface area contributed by atoms with Crippen LogP contribution < -0.4 is 16.0 Å². The van der Waals surface area contributed by atoms with Crippen molar-refractivity contribution in [1.82, 2.24) is 5.43 Å². The number of carbonyl (C=O) groups excluding carboxylic acids is 2. The van der Waals surface area contributed by atoms with Crippen LogP contribution in [0.1, 0.15) is 26.3 Å². The predicted molar refractivity (Wildman–Crippen MR) is 74.2 cm³/mol. The smallest absolute Gasteiger partial charge is 0.265 e. The van der Waals surface area contributed by atoms with Gasteiger partial charge in [0.1, 0.15) is 24.5 Å². The lowest BCUT2D eigenvalue weighted by Gasteiger charge is -2.08. The third-order valence-corrected chi connectivity index (χ3v) is 2.76. The second-order valence-corrected chi connectivity index (χ2v) is 4.30. The summed E-state index contributed by atoms with van der Waals surface area (Å²) in [6.07, 6.45) is 0.544. The van der Waals surface area contributed by atoms with E-state index in [0.29, 0.717) is 17.4 Å². The van der Waals surface area contributed by atoms with Crippen LogP contribution in [-0.4, -0.2) is 12.2 Å². The van der Waals surface area contributed by atoms with E-state index in [-0.39, 0.29) is 17.9 Å². The largest absolute Gasteiger partial charge is 0.489 e. The zero-order valence-electron chi connectivity index (χ0n) is 11.0. The van der Waals surface area contributed by atoms with E-state index in [2.05, 4.69) is 0 Å². The molecule has 0 atom stereocenters. The van der Waals surface area contributed by atoms with E-state index in [0.717, 1.165) is 6.07 Å². The molecule has 3 N–H and O–H groups in total. The second kappa shape index (κ2) is 6.62. The van der Waals surface area contributed by atoms with Crippen molar-refractivity contribution in [2.75, 3.05) is 0 Å². The van der Waals surface area contributed by atoms with Gasteiger partial charge in [-0.3, -0.25) is 15.0 Å². The Hall–Kier alpha value is -2.73. The Labute approximate surface area is 120 Å². The lowest BCUT2D eigenvalue weighted by Crippen LogP contribution is -2.30. The van der Waals surface area contributed by atoms with Gasteiger partial charge in [0.2, 0.25) is 0 Å². The van der Waals surface area contributed by atoms with Crippen molar-refractivity contribution in [2.45, 2.75) is 6.61 Å². The van der Waals surface area contributed by atoms with Crippen molar-refractivity contribution in [1.29, 1.82) is 0 Å². The molecule has 0 aliphatic rings. The topological polar surface area (TPSA) is 81.4 Å². The van der Waals surface area contributed by atoms with Gasteiger partial charge in [0.25, 0.3) is 5.91 Å². The summed E-state index contributed by atoms with van der Waals surface area (Å²) < 4.78 is 18.7. The molecule has 0 radical (unpaired) electrons. The molecule has 5 nitrogen and oxygen atoms in total. The number of carbonyl (C=O) groups is 2. The molecule has 6 heteroatoms. The standard InChI is InChI=1S/C15H13FN2O3/c16-13-5-11(8-19)6-14(7-13)21-9-10-2-1-3-12(4-10)15(20)18-17/h1-8H,9,17H2,(H,18,20). The molecule has 1 amide bonds. The number of nitrogens with one attached hydrogen (secondary N) is 1. The SMILES string of the molecule is NNC(=O)c1cccc(COc2cc(F)cc(C=O)c2)c1. The van der Waals surface area contributed by atoms with Gasteiger partial charge in [0.15, 0.2) is 0 Å². The minimum Gasteiger partial charge on any atom is -0.489 e. The number of hydrazine groups is 1. The van der Waals surface area contributed by atoms with E-state index in [1.807, 2.05) is 5.43 Å². The average Bonchev–Trinajstić information content (AvgIpc) is 2.51. The lowest BCUT2D eigenvalue weighted by atomic mass is 10.1. The summed E-state index contributed by atoms with van der Waals surface area (Å²) in [6, 6.07) is 10.4. The van der Waals surface area contributed by atoms with Crippen LogP contribution in [0, 0.1) is 5.82 Å². The van der Waals surface area contributed by atoms with E-state index in [4.69, 9.17) is 10.6 Å². The van der Waals surface area contributed by atoms with E-state index < -0.39 is 11.7 Å². The first-order valence-electron chi connectivity index (χ1n) is 6.11. The van der Waals surface area contributed by atoms with Gasteiger partial charge in [0.05, 0.1) is 0 Å². The maximum absolute atomic E-state index is 13.3. The van der Waals surface area contributed by atoms with Gasteiger partial charge in [-0.25, -0.2) is 10.2 Å². The fourth-order valence-corrected chi connectivity index (χ4v) is 1.79. The first-order valence-corrected chi connectivity index (χ1v) is 6.11. The maximum Gasteiger partial charge on any atom is 0.265 e. The predicted octanol–water partition coefficient (Wildman–Crippen LogP) is 1.82. The van der Waals surface area contributed by atoms with Gasteiger partial charge in [-0.2, -0.15) is 0 Å². The average molecular weight is 288 g/mol. The fraction of sp³-hybridized carbons (Fsp3) is 0.0667. The molecular formula is C15H13FN2O3. The number of halogens is 1. The maximum atomic E-state index is 13.3. The van der Waals surface area contributed by atoms with Crippen LogP contribution in [0.4, 0.5) is 4.39 Å². The molecule has 0 unspecified atom stereocenters. The van der Waals surface area contributed by atoms with Gasteiger partial charge in [-0.05, 0) is 29.8 Å². The molecule has 0 aromatic heterocycles. The molecular weight excluding hydrogens is 275 g/mol. The van der Waals surface area contributed by atoms with Crippen molar-refractivity contribution in [3.63, 3.8) is 0 Å². The summed E-state index contributed by atoms with van der Waals surface area (Å²) in [5.74, 6) is 4.34. The van der Waals surface area contributed by atoms with Crippen LogP contribution in [0.25, 0.3) is 0 Å². The van der Waals surface area contributed by atoms with Crippen molar-refractivity contribution < 1.29 is 18.7 Å². The zero-order valence-corrected chi connectivity index (χ0v) is 11.0. The van der Waals surface area contributed by atoms with Crippen LogP contribution in [0.5, 0.6) is 5.75 Å². The molecule has 0 saturated carbocycles. The number of hydrogen-bond acceptors (Lipinski definition) is 4. The van der Waals surface area contributed by atoms with E-state index >= 15 is 0 Å². The Balaban J connectivity index is 2.11. The van der Waals surface area contributed by atoms with E-state index in [9.17, 15) is 14.0 Å². The summed E-state index contributed by atoms with van der Waals surface area (Å²) in [4.78, 5) is 22.1. The highest BCUT2D eigenvalue weighted by atomic mass is 19.1. The molecule has 0 spiro atoms. The van der Waals surface area contributed by atoms with Gasteiger partial charge in [-0.1, -0.05) is 12.1 Å². The number of nitrogen functional groups attached to an aromatic ring is 1. The zero-order chi connectivity index (χ0) is 15.2. The quantitative estimate of drug-likeness (QED) is 0.380. The Morgan fingerprint density at radius 2 is 2.10 bits per heavy atom. The molecule has 2 aromatic carbocycles. The van der Waals surface area contributed by atoms with Crippen LogP contribution >= 0.6 is 0 Å². The number of aldehydes is 1. The monoisotopic (exact) mass is 288 g/mol. The van der Waals surface area contributed by atoms with Gasteiger partial charge < -0.3 is 4.74 Å². The first-order chi connectivity index (χ1) is 10.1. The third kappa shape index (κ3) is 3.87. The summed E-state index contributed by atoms with van der Waals surface area (Å²) in [5, 5.41) is 0. The first kappa shape index (κ1) is 14.7. The second-order valence-electron chi connectivity index (χ2n) is 4.30. The third-order valence-electron chi connectivity index (χ3n) is 2.76.